The summed E-state index contributed by atoms with van der Waals surface area (Å²) in [5, 5.41) is 11.3. The van der Waals surface area contributed by atoms with E-state index in [9.17, 15) is 5.26 Å². The molecule has 4 heteroatoms. The number of methoxy groups -OCH3 is 1. The Kier molecular flexibility index (Phi) is 5.83. The lowest BCUT2D eigenvalue weighted by Crippen LogP contribution is -2.12. The monoisotopic (exact) mass is 381 g/mol. The first kappa shape index (κ1) is 18.3. The summed E-state index contributed by atoms with van der Waals surface area (Å²) in [7, 11) is 1.64. The highest BCUT2D eigenvalue weighted by Gasteiger charge is 2.26. The molecule has 0 fully saturated rings. The van der Waals surface area contributed by atoms with Gasteiger partial charge in [-0.1, -0.05) is 59.6 Å². The predicted octanol–water partition coefficient (Wildman–Crippen LogP) is 6.44. The van der Waals surface area contributed by atoms with Crippen molar-refractivity contribution in [2.45, 2.75) is 11.8 Å². The van der Waals surface area contributed by atoms with Crippen LogP contribution in [-0.4, -0.2) is 7.11 Å². The van der Waals surface area contributed by atoms with Crippen molar-refractivity contribution in [2.24, 2.45) is 0 Å². The molecule has 0 saturated heterocycles. The van der Waals surface area contributed by atoms with Gasteiger partial charge in [0, 0.05) is 16.0 Å². The summed E-state index contributed by atoms with van der Waals surface area (Å²) in [6.07, 6.45) is 0. The molecule has 2 nitrogen and oxygen atoms in total. The fourth-order valence-corrected chi connectivity index (χ4v) is 3.32. The Bertz CT molecular complexity index is 897. The van der Waals surface area contributed by atoms with E-state index in [1.54, 1.807) is 7.11 Å². The number of hydrogen-bond donors (Lipinski definition) is 0. The van der Waals surface area contributed by atoms with Crippen molar-refractivity contribution in [1.29, 1.82) is 5.26 Å². The van der Waals surface area contributed by atoms with E-state index in [4.69, 9.17) is 27.9 Å². The predicted molar refractivity (Wildman–Crippen MR) is 106 cm³/mol. The number of benzene rings is 3. The summed E-state index contributed by atoms with van der Waals surface area (Å²) >= 11 is 12.1. The van der Waals surface area contributed by atoms with E-state index in [1.807, 2.05) is 72.8 Å². The lowest BCUT2D eigenvalue weighted by Gasteiger charge is -2.24. The number of ether oxygens (including phenoxy) is 1. The van der Waals surface area contributed by atoms with Gasteiger partial charge in [-0.25, -0.2) is 0 Å². The van der Waals surface area contributed by atoms with Crippen molar-refractivity contribution >= 4 is 23.2 Å². The first-order valence-corrected chi connectivity index (χ1v) is 8.92. The Balaban J connectivity index is 2.10. The largest absolute Gasteiger partial charge is 0.497 e. The molecule has 0 N–H and O–H groups in total. The van der Waals surface area contributed by atoms with Gasteiger partial charge < -0.3 is 4.74 Å². The van der Waals surface area contributed by atoms with Crippen LogP contribution in [0.3, 0.4) is 0 Å². The maximum Gasteiger partial charge on any atom is 0.118 e. The van der Waals surface area contributed by atoms with Gasteiger partial charge >= 0.3 is 0 Å². The van der Waals surface area contributed by atoms with Crippen LogP contribution in [0.15, 0.2) is 72.8 Å². The van der Waals surface area contributed by atoms with Gasteiger partial charge in [0.1, 0.15) is 5.75 Å². The maximum absolute atomic E-state index is 9.96. The summed E-state index contributed by atoms with van der Waals surface area (Å²) in [5.74, 6) is 0.287. The molecule has 0 radical (unpaired) electrons. The molecule has 3 aromatic rings. The van der Waals surface area contributed by atoms with Crippen LogP contribution in [0.25, 0.3) is 0 Å². The zero-order valence-electron chi connectivity index (χ0n) is 14.2. The van der Waals surface area contributed by atoms with Crippen LogP contribution in [-0.2, 0) is 0 Å². The van der Waals surface area contributed by atoms with Crippen LogP contribution < -0.4 is 4.74 Å². The Hall–Kier alpha value is -2.47. The molecule has 130 valence electrons. The Morgan fingerprint density at radius 3 is 1.58 bits per heavy atom. The Labute approximate surface area is 163 Å². The summed E-state index contributed by atoms with van der Waals surface area (Å²) in [6, 6.07) is 25.4. The van der Waals surface area contributed by atoms with E-state index in [0.717, 1.165) is 22.4 Å². The molecule has 0 aliphatic carbocycles. The fraction of sp³-hybridized carbons (Fsp3) is 0.136. The number of hydrogen-bond acceptors (Lipinski definition) is 2. The van der Waals surface area contributed by atoms with Gasteiger partial charge in [-0.15, -0.1) is 0 Å². The lowest BCUT2D eigenvalue weighted by atomic mass is 9.78. The van der Waals surface area contributed by atoms with Crippen LogP contribution >= 0.6 is 23.2 Å². The molecule has 0 aliphatic rings. The molecule has 0 amide bonds. The number of halogens is 2. The van der Waals surface area contributed by atoms with Gasteiger partial charge in [0.2, 0.25) is 0 Å². The standard InChI is InChI=1S/C22H17Cl2NO/c1-26-20-12-6-17(7-13-20)22(16-4-10-19(24)11-5-16)21(14-25)15-2-8-18(23)9-3-15/h2-13,21-22H,1H3/t21-,22-/m1/s1. The van der Waals surface area contributed by atoms with Crippen LogP contribution in [0, 0.1) is 11.3 Å². The van der Waals surface area contributed by atoms with Crippen molar-refractivity contribution in [2.75, 3.05) is 7.11 Å². The van der Waals surface area contributed by atoms with E-state index in [1.165, 1.54) is 0 Å². The Morgan fingerprint density at radius 1 is 0.731 bits per heavy atom. The zero-order chi connectivity index (χ0) is 18.5. The molecular weight excluding hydrogens is 365 g/mol. The first-order valence-electron chi connectivity index (χ1n) is 8.17. The molecule has 0 aliphatic heterocycles. The van der Waals surface area contributed by atoms with Crippen LogP contribution in [0.2, 0.25) is 10.0 Å². The minimum absolute atomic E-state index is 0.135. The highest BCUT2D eigenvalue weighted by Crippen LogP contribution is 2.39. The summed E-state index contributed by atoms with van der Waals surface area (Å²) in [4.78, 5) is 0. The first-order chi connectivity index (χ1) is 12.6. The third kappa shape index (κ3) is 4.02. The van der Waals surface area contributed by atoms with Crippen LogP contribution in [0.1, 0.15) is 28.5 Å². The SMILES string of the molecule is COc1ccc([C@@H](c2ccc(Cl)cc2)[C@H](C#N)c2ccc(Cl)cc2)cc1. The fourth-order valence-electron chi connectivity index (χ4n) is 3.07. The van der Waals surface area contributed by atoms with E-state index < -0.39 is 0 Å². The molecule has 0 spiro atoms. The average Bonchev–Trinajstić information content (AvgIpc) is 2.68. The highest BCUT2D eigenvalue weighted by molar-refractivity contribution is 6.30. The van der Waals surface area contributed by atoms with Gasteiger partial charge in [-0.05, 0) is 53.1 Å². The highest BCUT2D eigenvalue weighted by atomic mass is 35.5. The average molecular weight is 382 g/mol. The zero-order valence-corrected chi connectivity index (χ0v) is 15.7. The molecule has 0 aromatic heterocycles. The van der Waals surface area contributed by atoms with E-state index >= 15 is 0 Å². The van der Waals surface area contributed by atoms with E-state index in [0.29, 0.717) is 10.0 Å². The third-order valence-electron chi connectivity index (χ3n) is 4.41. The number of rotatable bonds is 5. The quantitative estimate of drug-likeness (QED) is 0.509. The minimum atomic E-state index is -0.359. The number of nitrogens with zero attached hydrogens (tertiary/aromatic N) is 1. The topological polar surface area (TPSA) is 33.0 Å². The van der Waals surface area contributed by atoms with Crippen LogP contribution in [0.5, 0.6) is 5.75 Å². The molecule has 0 unspecified atom stereocenters. The van der Waals surface area contributed by atoms with E-state index in [2.05, 4.69) is 6.07 Å². The second-order valence-electron chi connectivity index (χ2n) is 5.96. The van der Waals surface area contributed by atoms with Gasteiger partial charge in [0.15, 0.2) is 0 Å². The van der Waals surface area contributed by atoms with Crippen LogP contribution in [0.4, 0.5) is 0 Å². The maximum atomic E-state index is 9.96. The molecule has 0 saturated carbocycles. The van der Waals surface area contributed by atoms with Gasteiger partial charge in [-0.2, -0.15) is 5.26 Å². The van der Waals surface area contributed by atoms with Gasteiger partial charge in [-0.3, -0.25) is 0 Å². The van der Waals surface area contributed by atoms with Crippen molar-refractivity contribution in [3.63, 3.8) is 0 Å². The molecule has 26 heavy (non-hydrogen) atoms. The van der Waals surface area contributed by atoms with Crippen molar-refractivity contribution in [3.8, 4) is 11.8 Å². The molecule has 3 rings (SSSR count). The lowest BCUT2D eigenvalue weighted by molar-refractivity contribution is 0.414. The van der Waals surface area contributed by atoms with Crippen molar-refractivity contribution in [1.82, 2.24) is 0 Å². The summed E-state index contributed by atoms with van der Waals surface area (Å²) in [5.41, 5.74) is 2.99. The van der Waals surface area contributed by atoms with Crippen molar-refractivity contribution < 1.29 is 4.74 Å². The molecule has 0 bridgehead atoms. The second kappa shape index (κ2) is 8.27. The smallest absolute Gasteiger partial charge is 0.118 e. The van der Waals surface area contributed by atoms with E-state index in [-0.39, 0.29) is 11.8 Å². The third-order valence-corrected chi connectivity index (χ3v) is 4.91. The van der Waals surface area contributed by atoms with Gasteiger partial charge in [0.25, 0.3) is 0 Å². The normalized spacial score (nSPS) is 12.8. The van der Waals surface area contributed by atoms with Gasteiger partial charge in [0.05, 0.1) is 19.1 Å². The minimum Gasteiger partial charge on any atom is -0.497 e. The summed E-state index contributed by atoms with van der Waals surface area (Å²) in [6.45, 7) is 0. The molecule has 3 aromatic carbocycles. The number of nitriles is 1. The van der Waals surface area contributed by atoms with Crippen molar-refractivity contribution in [3.05, 3.63) is 99.5 Å². The summed E-state index contributed by atoms with van der Waals surface area (Å²) < 4.78 is 5.26. The Morgan fingerprint density at radius 2 is 1.15 bits per heavy atom. The molecule has 0 heterocycles. The second-order valence-corrected chi connectivity index (χ2v) is 6.83. The molecular formula is C22H17Cl2NO. The molecule has 2 atom stereocenters.